The number of anilines is 1. The number of rotatable bonds is 4. The summed E-state index contributed by atoms with van der Waals surface area (Å²) in [6, 6.07) is 0. The molecule has 1 N–H and O–H groups in total. The van der Waals surface area contributed by atoms with Crippen LogP contribution in [0.4, 0.5) is 5.13 Å². The maximum Gasteiger partial charge on any atom is 0.185 e. The summed E-state index contributed by atoms with van der Waals surface area (Å²) in [5.41, 5.74) is 1.11. The van der Waals surface area contributed by atoms with Crippen molar-refractivity contribution in [2.24, 2.45) is 5.92 Å². The number of thiazole rings is 1. The Kier molecular flexibility index (Phi) is 5.01. The summed E-state index contributed by atoms with van der Waals surface area (Å²) in [5, 5.41) is 10.5. The average Bonchev–Trinajstić information content (AvgIpc) is 2.64. The van der Waals surface area contributed by atoms with Crippen molar-refractivity contribution in [3.8, 4) is 0 Å². The molecule has 102 valence electrons. The molecule has 0 spiro atoms. The Hall–Kier alpha value is -0.610. The summed E-state index contributed by atoms with van der Waals surface area (Å²) in [7, 11) is 0. The number of aromatic nitrogens is 1. The molecule has 1 atom stereocenters. The summed E-state index contributed by atoms with van der Waals surface area (Å²) in [6.07, 6.45) is 5.93. The predicted octanol–water partition coefficient (Wildman–Crippen LogP) is 3.21. The van der Waals surface area contributed by atoms with Gasteiger partial charge in [0.05, 0.1) is 17.2 Å². The van der Waals surface area contributed by atoms with Crippen LogP contribution in [0.15, 0.2) is 0 Å². The van der Waals surface area contributed by atoms with Crippen LogP contribution in [0.25, 0.3) is 0 Å². The molecule has 0 saturated carbocycles. The maximum absolute atomic E-state index is 9.41. The largest absolute Gasteiger partial charge is 0.391 e. The van der Waals surface area contributed by atoms with Gasteiger partial charge in [-0.3, -0.25) is 0 Å². The third-order valence-corrected chi connectivity index (χ3v) is 4.83. The van der Waals surface area contributed by atoms with Gasteiger partial charge >= 0.3 is 0 Å². The third-order valence-electron chi connectivity index (χ3n) is 3.68. The lowest BCUT2D eigenvalue weighted by molar-refractivity contribution is 0.284. The standard InChI is InChI=1S/C14H24N2OS/c1-3-5-12-13(10-17)18-14(15-12)16-8-4-6-11(2)7-9-16/h11,17H,3-10H2,1-2H3. The highest BCUT2D eigenvalue weighted by atomic mass is 32.1. The van der Waals surface area contributed by atoms with E-state index in [4.69, 9.17) is 4.98 Å². The number of aryl methyl sites for hydroxylation is 1. The first-order valence-corrected chi connectivity index (χ1v) is 7.90. The topological polar surface area (TPSA) is 36.4 Å². The summed E-state index contributed by atoms with van der Waals surface area (Å²) >= 11 is 1.68. The Labute approximate surface area is 114 Å². The van der Waals surface area contributed by atoms with Crippen LogP contribution in [0.3, 0.4) is 0 Å². The van der Waals surface area contributed by atoms with Crippen LogP contribution < -0.4 is 4.90 Å². The summed E-state index contributed by atoms with van der Waals surface area (Å²) in [6.45, 7) is 6.87. The number of hydrogen-bond acceptors (Lipinski definition) is 4. The summed E-state index contributed by atoms with van der Waals surface area (Å²) < 4.78 is 0. The molecule has 1 aromatic heterocycles. The highest BCUT2D eigenvalue weighted by Crippen LogP contribution is 2.29. The van der Waals surface area contributed by atoms with Crippen molar-refractivity contribution >= 4 is 16.5 Å². The molecule has 1 fully saturated rings. The van der Waals surface area contributed by atoms with Gasteiger partial charge in [0.25, 0.3) is 0 Å². The fourth-order valence-electron chi connectivity index (χ4n) is 2.51. The van der Waals surface area contributed by atoms with E-state index in [0.717, 1.165) is 47.6 Å². The molecular weight excluding hydrogens is 244 g/mol. The van der Waals surface area contributed by atoms with Crippen molar-refractivity contribution in [1.29, 1.82) is 0 Å². The molecule has 1 aromatic rings. The van der Waals surface area contributed by atoms with Crippen LogP contribution in [0.2, 0.25) is 0 Å². The first-order chi connectivity index (χ1) is 8.74. The number of hydrogen-bond donors (Lipinski definition) is 1. The van der Waals surface area contributed by atoms with Gasteiger partial charge in [0.2, 0.25) is 0 Å². The molecule has 0 bridgehead atoms. The summed E-state index contributed by atoms with van der Waals surface area (Å²) in [5.74, 6) is 0.836. The Morgan fingerprint density at radius 3 is 2.94 bits per heavy atom. The van der Waals surface area contributed by atoms with Crippen LogP contribution in [-0.4, -0.2) is 23.2 Å². The maximum atomic E-state index is 9.41. The first-order valence-electron chi connectivity index (χ1n) is 7.09. The van der Waals surface area contributed by atoms with E-state index in [0.29, 0.717) is 0 Å². The molecule has 1 aliphatic rings. The van der Waals surface area contributed by atoms with E-state index in [1.54, 1.807) is 11.3 Å². The first kappa shape index (κ1) is 13.8. The van der Waals surface area contributed by atoms with E-state index in [1.807, 2.05) is 0 Å². The monoisotopic (exact) mass is 268 g/mol. The molecule has 18 heavy (non-hydrogen) atoms. The zero-order chi connectivity index (χ0) is 13.0. The van der Waals surface area contributed by atoms with E-state index in [2.05, 4.69) is 18.7 Å². The van der Waals surface area contributed by atoms with E-state index in [9.17, 15) is 5.11 Å². The molecule has 1 aliphatic heterocycles. The Balaban J connectivity index is 2.11. The molecule has 3 nitrogen and oxygen atoms in total. The van der Waals surface area contributed by atoms with Crippen LogP contribution in [0, 0.1) is 5.92 Å². The highest BCUT2D eigenvalue weighted by Gasteiger charge is 2.18. The average molecular weight is 268 g/mol. The van der Waals surface area contributed by atoms with Gasteiger partial charge in [-0.05, 0) is 31.6 Å². The molecule has 2 heterocycles. The lowest BCUT2D eigenvalue weighted by atomic mass is 10.0. The molecule has 0 aromatic carbocycles. The number of nitrogens with zero attached hydrogens (tertiary/aromatic N) is 2. The molecule has 4 heteroatoms. The fourth-order valence-corrected chi connectivity index (χ4v) is 3.53. The van der Waals surface area contributed by atoms with Gasteiger partial charge in [-0.15, -0.1) is 0 Å². The van der Waals surface area contributed by atoms with Crippen LogP contribution in [-0.2, 0) is 13.0 Å². The minimum Gasteiger partial charge on any atom is -0.391 e. The van der Waals surface area contributed by atoms with Gasteiger partial charge in [0.1, 0.15) is 0 Å². The predicted molar refractivity (Wildman–Crippen MR) is 77.3 cm³/mol. The van der Waals surface area contributed by atoms with Crippen LogP contribution in [0.5, 0.6) is 0 Å². The molecule has 0 radical (unpaired) electrons. The van der Waals surface area contributed by atoms with Gasteiger partial charge in [-0.25, -0.2) is 4.98 Å². The van der Waals surface area contributed by atoms with Crippen molar-refractivity contribution in [1.82, 2.24) is 4.98 Å². The quantitative estimate of drug-likeness (QED) is 0.911. The normalized spacial score (nSPS) is 21.1. The zero-order valence-corrected chi connectivity index (χ0v) is 12.3. The third kappa shape index (κ3) is 3.23. The Morgan fingerprint density at radius 1 is 1.39 bits per heavy atom. The lowest BCUT2D eigenvalue weighted by Crippen LogP contribution is -2.23. The van der Waals surface area contributed by atoms with Crippen molar-refractivity contribution < 1.29 is 5.11 Å². The van der Waals surface area contributed by atoms with Gasteiger partial charge < -0.3 is 10.0 Å². The second-order valence-electron chi connectivity index (χ2n) is 5.30. The Morgan fingerprint density at radius 2 is 2.22 bits per heavy atom. The molecule has 1 unspecified atom stereocenters. The molecule has 2 rings (SSSR count). The molecule has 0 amide bonds. The second-order valence-corrected chi connectivity index (χ2v) is 6.36. The SMILES string of the molecule is CCCc1nc(N2CCCC(C)CC2)sc1CO. The van der Waals surface area contributed by atoms with Crippen molar-refractivity contribution in [2.45, 2.75) is 52.6 Å². The van der Waals surface area contributed by atoms with Gasteiger partial charge in [0.15, 0.2) is 5.13 Å². The lowest BCUT2D eigenvalue weighted by Gasteiger charge is -2.18. The second kappa shape index (κ2) is 6.53. The minimum absolute atomic E-state index is 0.136. The highest BCUT2D eigenvalue weighted by molar-refractivity contribution is 7.15. The van der Waals surface area contributed by atoms with Gasteiger partial charge in [-0.1, -0.05) is 31.6 Å². The molecule has 0 aliphatic carbocycles. The molecule has 1 saturated heterocycles. The van der Waals surface area contributed by atoms with Gasteiger partial charge in [0, 0.05) is 13.1 Å². The van der Waals surface area contributed by atoms with Crippen molar-refractivity contribution in [2.75, 3.05) is 18.0 Å². The summed E-state index contributed by atoms with van der Waals surface area (Å²) in [4.78, 5) is 8.21. The van der Waals surface area contributed by atoms with Crippen molar-refractivity contribution in [3.05, 3.63) is 10.6 Å². The van der Waals surface area contributed by atoms with Crippen LogP contribution in [0.1, 0.15) is 50.1 Å². The Bertz CT molecular complexity index is 378. The van der Waals surface area contributed by atoms with E-state index >= 15 is 0 Å². The van der Waals surface area contributed by atoms with E-state index in [1.165, 1.54) is 19.3 Å². The molecular formula is C14H24N2OS. The minimum atomic E-state index is 0.136. The zero-order valence-electron chi connectivity index (χ0n) is 11.5. The van der Waals surface area contributed by atoms with Crippen molar-refractivity contribution in [3.63, 3.8) is 0 Å². The van der Waals surface area contributed by atoms with Crippen LogP contribution >= 0.6 is 11.3 Å². The fraction of sp³-hybridized carbons (Fsp3) is 0.786. The number of aliphatic hydroxyl groups is 1. The van der Waals surface area contributed by atoms with E-state index < -0.39 is 0 Å². The number of aliphatic hydroxyl groups excluding tert-OH is 1. The smallest absolute Gasteiger partial charge is 0.185 e. The van der Waals surface area contributed by atoms with Gasteiger partial charge in [-0.2, -0.15) is 0 Å². The van der Waals surface area contributed by atoms with E-state index in [-0.39, 0.29) is 6.61 Å².